The van der Waals surface area contributed by atoms with E-state index in [2.05, 4.69) is 13.8 Å². The second-order valence-electron chi connectivity index (χ2n) is 12.4. The Morgan fingerprint density at radius 3 is 1.92 bits per heavy atom. The number of ether oxygens (including phenoxy) is 4. The molecule has 6 N–H and O–H groups in total. The van der Waals surface area contributed by atoms with Gasteiger partial charge in [-0.15, -0.1) is 0 Å². The van der Waals surface area contributed by atoms with Gasteiger partial charge in [0.25, 0.3) is 0 Å². The summed E-state index contributed by atoms with van der Waals surface area (Å²) in [7, 11) is 0. The highest BCUT2D eigenvalue weighted by atomic mass is 16.7. The van der Waals surface area contributed by atoms with Crippen LogP contribution in [0, 0.1) is 0 Å². The van der Waals surface area contributed by atoms with Gasteiger partial charge in [-0.3, -0.25) is 4.79 Å². The van der Waals surface area contributed by atoms with E-state index in [0.29, 0.717) is 24.8 Å². The summed E-state index contributed by atoms with van der Waals surface area (Å²) in [5, 5.41) is 62.7. The Hall–Kier alpha value is -3.91. The lowest BCUT2D eigenvalue weighted by Gasteiger charge is -2.40. The van der Waals surface area contributed by atoms with Crippen molar-refractivity contribution in [2.45, 2.75) is 129 Å². The molecule has 0 spiro atoms. The molecule has 1 fully saturated rings. The Kier molecular flexibility index (Phi) is 15.6. The number of carboxylic acid groups (broad SMARTS) is 1. The van der Waals surface area contributed by atoms with Crippen LogP contribution < -0.4 is 9.47 Å². The van der Waals surface area contributed by atoms with Gasteiger partial charge >= 0.3 is 17.9 Å². The molecule has 13 heteroatoms. The number of hydrogen-bond donors (Lipinski definition) is 6. The van der Waals surface area contributed by atoms with Crippen LogP contribution in [-0.4, -0.2) is 85.9 Å². The molecule has 272 valence electrons. The second-order valence-corrected chi connectivity index (χ2v) is 12.4. The molecular weight excluding hydrogens is 640 g/mol. The quantitative estimate of drug-likeness (QED) is 0.0666. The first kappa shape index (κ1) is 39.5. The Morgan fingerprint density at radius 2 is 1.35 bits per heavy atom. The minimum atomic E-state index is -1.84. The third-order valence-electron chi connectivity index (χ3n) is 8.43. The number of carbonyl (C=O) groups excluding carboxylic acids is 2. The minimum absolute atomic E-state index is 0.128. The largest absolute Gasteiger partial charge is 0.508 e. The topological polar surface area (TPSA) is 210 Å². The smallest absolute Gasteiger partial charge is 0.347 e. The highest BCUT2D eigenvalue weighted by Gasteiger charge is 2.46. The molecule has 0 amide bonds. The van der Waals surface area contributed by atoms with E-state index < -0.39 is 61.0 Å². The van der Waals surface area contributed by atoms with Crippen molar-refractivity contribution in [2.24, 2.45) is 0 Å². The van der Waals surface area contributed by atoms with E-state index in [4.69, 9.17) is 18.9 Å². The van der Waals surface area contributed by atoms with Crippen LogP contribution in [-0.2, 0) is 27.1 Å². The zero-order valence-corrected chi connectivity index (χ0v) is 28.4. The van der Waals surface area contributed by atoms with Gasteiger partial charge in [-0.2, -0.15) is 0 Å². The monoisotopic (exact) mass is 690 g/mol. The summed E-state index contributed by atoms with van der Waals surface area (Å²) in [6, 6.07) is 4.96. The van der Waals surface area contributed by atoms with E-state index in [1.807, 2.05) is 0 Å². The van der Waals surface area contributed by atoms with Crippen LogP contribution in [0.1, 0.15) is 117 Å². The molecule has 1 aliphatic rings. The SMILES string of the molecule is CCCCCCCc1cc(O)cc(O)c1C(=O)Oc1cc(CCCCCCC)c(C(=O)O)c(O[C@@H]2O[C@H](COC(C)=O)[C@@H](O)[C@H](O)[C@H]2O)c1. The molecule has 0 saturated carbocycles. The number of aromatic carboxylic acids is 1. The molecule has 0 aromatic heterocycles. The fourth-order valence-electron chi connectivity index (χ4n) is 5.81. The van der Waals surface area contributed by atoms with Gasteiger partial charge in [0.15, 0.2) is 0 Å². The lowest BCUT2D eigenvalue weighted by molar-refractivity contribution is -0.278. The zero-order valence-electron chi connectivity index (χ0n) is 28.4. The number of unbranched alkanes of at least 4 members (excludes halogenated alkanes) is 8. The summed E-state index contributed by atoms with van der Waals surface area (Å²) in [6.07, 6.45) is 1.41. The molecule has 1 saturated heterocycles. The number of aryl methyl sites for hydroxylation is 2. The first-order valence-electron chi connectivity index (χ1n) is 17.0. The molecule has 0 unspecified atom stereocenters. The summed E-state index contributed by atoms with van der Waals surface area (Å²) >= 11 is 0. The number of benzene rings is 2. The summed E-state index contributed by atoms with van der Waals surface area (Å²) < 4.78 is 22.1. The lowest BCUT2D eigenvalue weighted by atomic mass is 9.98. The van der Waals surface area contributed by atoms with Gasteiger partial charge in [0.1, 0.15) is 65.1 Å². The molecule has 0 aliphatic carbocycles. The number of esters is 2. The van der Waals surface area contributed by atoms with Crippen LogP contribution in [0.4, 0.5) is 0 Å². The van der Waals surface area contributed by atoms with E-state index in [1.54, 1.807) is 0 Å². The molecule has 13 nitrogen and oxygen atoms in total. The molecular formula is C36H50O13. The molecule has 2 aromatic rings. The van der Waals surface area contributed by atoms with Crippen molar-refractivity contribution in [3.05, 3.63) is 46.5 Å². The maximum Gasteiger partial charge on any atom is 0.347 e. The van der Waals surface area contributed by atoms with Crippen LogP contribution in [0.5, 0.6) is 23.0 Å². The van der Waals surface area contributed by atoms with E-state index in [0.717, 1.165) is 70.4 Å². The van der Waals surface area contributed by atoms with Crippen LogP contribution in [0.2, 0.25) is 0 Å². The number of aliphatic hydroxyl groups excluding tert-OH is 3. The Balaban J connectivity index is 1.99. The predicted molar refractivity (Wildman–Crippen MR) is 177 cm³/mol. The van der Waals surface area contributed by atoms with Gasteiger partial charge in [-0.05, 0) is 48.9 Å². The van der Waals surface area contributed by atoms with Crippen LogP contribution >= 0.6 is 0 Å². The third kappa shape index (κ3) is 11.3. The number of aliphatic hydroxyl groups is 3. The molecule has 1 heterocycles. The minimum Gasteiger partial charge on any atom is -0.508 e. The van der Waals surface area contributed by atoms with E-state index in [1.165, 1.54) is 12.1 Å². The van der Waals surface area contributed by atoms with E-state index in [-0.39, 0.29) is 40.4 Å². The number of carboxylic acids is 1. The molecule has 5 atom stereocenters. The predicted octanol–water partition coefficient (Wildman–Crippen LogP) is 4.79. The van der Waals surface area contributed by atoms with Gasteiger partial charge < -0.3 is 49.6 Å². The maximum absolute atomic E-state index is 13.6. The highest BCUT2D eigenvalue weighted by Crippen LogP contribution is 2.35. The van der Waals surface area contributed by atoms with Gasteiger partial charge in [-0.1, -0.05) is 65.2 Å². The van der Waals surface area contributed by atoms with Crippen molar-refractivity contribution < 1.29 is 64.0 Å². The summed E-state index contributed by atoms with van der Waals surface area (Å²) in [5.74, 6) is -4.18. The average Bonchev–Trinajstić information content (AvgIpc) is 3.03. The highest BCUT2D eigenvalue weighted by molar-refractivity contribution is 5.97. The number of phenols is 2. The standard InChI is InChI=1S/C36H50O13/c1-4-6-8-10-12-14-22-16-24(38)18-26(39)29(22)35(45)47-25-17-23(15-13-11-9-7-5-2)30(34(43)44)27(19-25)48-36-33(42)32(41)31(40)28(49-36)20-46-21(3)37/h16-19,28,31-33,36,38-42H,4-15,20H2,1-3H3,(H,43,44)/t28-,31-,32+,33-,36-/m1/s1. The number of hydrogen-bond acceptors (Lipinski definition) is 12. The van der Waals surface area contributed by atoms with Crippen molar-refractivity contribution in [2.75, 3.05) is 6.61 Å². The number of aromatic hydroxyl groups is 2. The van der Waals surface area contributed by atoms with Crippen molar-refractivity contribution in [3.8, 4) is 23.0 Å². The Bertz CT molecular complexity index is 1410. The third-order valence-corrected chi connectivity index (χ3v) is 8.43. The van der Waals surface area contributed by atoms with Crippen LogP contribution in [0.15, 0.2) is 24.3 Å². The first-order valence-corrected chi connectivity index (χ1v) is 17.0. The lowest BCUT2D eigenvalue weighted by Crippen LogP contribution is -2.60. The van der Waals surface area contributed by atoms with E-state index >= 15 is 0 Å². The van der Waals surface area contributed by atoms with Gasteiger partial charge in [0.2, 0.25) is 6.29 Å². The number of phenolic OH excluding ortho intramolecular Hbond substituents is 2. The first-order chi connectivity index (χ1) is 23.4. The van der Waals surface area contributed by atoms with Gasteiger partial charge in [0.05, 0.1) is 0 Å². The zero-order chi connectivity index (χ0) is 36.1. The molecule has 3 rings (SSSR count). The summed E-state index contributed by atoms with van der Waals surface area (Å²) in [5.41, 5.74) is 0.218. The summed E-state index contributed by atoms with van der Waals surface area (Å²) in [6.45, 7) is 4.82. The van der Waals surface area contributed by atoms with Gasteiger partial charge in [-0.25, -0.2) is 9.59 Å². The molecule has 0 radical (unpaired) electrons. The normalized spacial score (nSPS) is 20.5. The van der Waals surface area contributed by atoms with Crippen molar-refractivity contribution in [1.29, 1.82) is 0 Å². The van der Waals surface area contributed by atoms with Crippen molar-refractivity contribution in [3.63, 3.8) is 0 Å². The Morgan fingerprint density at radius 1 is 0.755 bits per heavy atom. The van der Waals surface area contributed by atoms with Crippen LogP contribution in [0.3, 0.4) is 0 Å². The Labute approximate surface area is 286 Å². The van der Waals surface area contributed by atoms with Crippen LogP contribution in [0.25, 0.3) is 0 Å². The molecule has 49 heavy (non-hydrogen) atoms. The van der Waals surface area contributed by atoms with Gasteiger partial charge in [0, 0.05) is 19.1 Å². The van der Waals surface area contributed by atoms with Crippen molar-refractivity contribution >= 4 is 17.9 Å². The fourth-order valence-corrected chi connectivity index (χ4v) is 5.81. The van der Waals surface area contributed by atoms with E-state index in [9.17, 15) is 45.0 Å². The van der Waals surface area contributed by atoms with Crippen molar-refractivity contribution in [1.82, 2.24) is 0 Å². The summed E-state index contributed by atoms with van der Waals surface area (Å²) in [4.78, 5) is 37.5. The number of rotatable bonds is 19. The fraction of sp³-hybridized carbons (Fsp3) is 0.583. The molecule has 2 aromatic carbocycles. The number of carbonyl (C=O) groups is 3. The average molecular weight is 691 g/mol. The molecule has 0 bridgehead atoms. The molecule has 1 aliphatic heterocycles. The maximum atomic E-state index is 13.6. The second kappa shape index (κ2) is 19.3.